The predicted molar refractivity (Wildman–Crippen MR) is 210 cm³/mol. The third kappa shape index (κ3) is 9.09. The van der Waals surface area contributed by atoms with E-state index in [2.05, 4.69) is 0 Å². The van der Waals surface area contributed by atoms with E-state index in [0.717, 1.165) is 12.1 Å². The van der Waals surface area contributed by atoms with Crippen molar-refractivity contribution in [3.05, 3.63) is 70.8 Å². The van der Waals surface area contributed by atoms with Crippen molar-refractivity contribution >= 4 is 16.9 Å². The number of carboxylic acids is 1. The summed E-state index contributed by atoms with van der Waals surface area (Å²) in [6.45, 7) is 0.788. The molecule has 1 saturated heterocycles. The van der Waals surface area contributed by atoms with Gasteiger partial charge in [0.2, 0.25) is 17.8 Å². The maximum Gasteiger partial charge on any atom is 0.430 e. The number of hydrogen-bond acceptors (Lipinski definition) is 19. The van der Waals surface area contributed by atoms with Crippen LogP contribution in [0, 0.1) is 0 Å². The quantitative estimate of drug-likeness (QED) is 0.0743. The van der Waals surface area contributed by atoms with Gasteiger partial charge in [0.05, 0.1) is 32.5 Å². The molecule has 2 aliphatic heterocycles. The van der Waals surface area contributed by atoms with E-state index < -0.39 is 102 Å². The van der Waals surface area contributed by atoms with Crippen LogP contribution in [0.5, 0.6) is 63.2 Å². The molecule has 2 unspecified atom stereocenters. The van der Waals surface area contributed by atoms with E-state index in [-0.39, 0.29) is 79.7 Å². The summed E-state index contributed by atoms with van der Waals surface area (Å²) < 4.78 is 66.6. The van der Waals surface area contributed by atoms with Crippen molar-refractivity contribution in [2.24, 2.45) is 0 Å². The number of rotatable bonds is 9. The number of fused-ring (bicyclic) bond motifs is 2. The number of aliphatic hydroxyl groups excluding tert-OH is 5. The lowest BCUT2D eigenvalue weighted by Gasteiger charge is -2.39. The Hall–Kier alpha value is -6.89. The summed E-state index contributed by atoms with van der Waals surface area (Å²) in [5, 5.41) is 137. The zero-order chi connectivity index (χ0) is 48.0. The molecule has 12 N–H and O–H groups in total. The zero-order valence-corrected chi connectivity index (χ0v) is 33.9. The van der Waals surface area contributed by atoms with Gasteiger partial charge in [-0.1, -0.05) is 13.0 Å². The maximum absolute atomic E-state index is 11.5. The molecule has 0 radical (unpaired) electrons. The third-order valence-corrected chi connectivity index (χ3v) is 10.7. The summed E-state index contributed by atoms with van der Waals surface area (Å²) in [6, 6.07) is 9.75. The molecule has 0 saturated carbocycles. The second kappa shape index (κ2) is 18.3. The van der Waals surface area contributed by atoms with E-state index >= 15 is 0 Å². The number of carbonyl (C=O) groups is 1. The Morgan fingerprint density at radius 2 is 1.40 bits per heavy atom. The zero-order valence-electron chi connectivity index (χ0n) is 33.9. The highest BCUT2D eigenvalue weighted by molar-refractivity contribution is 5.92. The van der Waals surface area contributed by atoms with Crippen LogP contribution in [-0.2, 0) is 16.0 Å². The maximum atomic E-state index is 11.5. The molecule has 7 rings (SSSR count). The Labute approximate surface area is 363 Å². The summed E-state index contributed by atoms with van der Waals surface area (Å²) in [5.41, 5.74) is 0.189. The smallest absolute Gasteiger partial charge is 0.430 e. The van der Waals surface area contributed by atoms with Gasteiger partial charge in [-0.2, -0.15) is 13.2 Å². The molecule has 65 heavy (non-hydrogen) atoms. The number of carboxylic acid groups (broad SMARTS) is 1. The average Bonchev–Trinajstić information content (AvgIpc) is 3.24. The van der Waals surface area contributed by atoms with Crippen LogP contribution in [0.15, 0.2) is 52.9 Å². The molecular weight excluding hydrogens is 881 g/mol. The standard InChI is InChI=1S/C40H40O18.C2HF3O2/c1-14(30-23(46)11-20(43)17-9-25(48)36(57-38(17)30)15-4-5-19(42)22(45)6-15)31-24(47)12-21(44)18-10-28(55-40-35(52)34(51)33(50)29(13-41)56-40)37(58-39(18)31)16-7-26(53-2)32(49)27(8-16)54-3;3-2(4,5)1(6)7/h4-8,10-12,14,25,29,33-36,40-41,48,50-52H,9,13H2,1-3H3,(H6-,42,43,44,45,46,47,49);(H,6,7)/t14?,25-,29-,33-,34+,35-,36-,40?;/m1./s1. The number of aromatic hydroxyl groups is 7. The molecule has 0 amide bonds. The van der Waals surface area contributed by atoms with Gasteiger partial charge in [0.25, 0.3) is 0 Å². The van der Waals surface area contributed by atoms with Gasteiger partial charge in [0.1, 0.15) is 76.2 Å². The second-order valence-corrected chi connectivity index (χ2v) is 14.8. The van der Waals surface area contributed by atoms with Gasteiger partial charge in [-0.05, 0) is 17.7 Å². The number of benzene rings is 4. The van der Waals surface area contributed by atoms with Crippen molar-refractivity contribution in [2.45, 2.75) is 68.4 Å². The van der Waals surface area contributed by atoms with E-state index in [1.807, 2.05) is 0 Å². The minimum atomic E-state index is -5.19. The van der Waals surface area contributed by atoms with Crippen LogP contribution in [0.4, 0.5) is 13.2 Å². The first-order chi connectivity index (χ1) is 30.5. The van der Waals surface area contributed by atoms with E-state index in [0.29, 0.717) is 0 Å². The van der Waals surface area contributed by atoms with Crippen molar-refractivity contribution in [1.29, 1.82) is 0 Å². The molecule has 8 atom stereocenters. The van der Waals surface area contributed by atoms with E-state index in [4.69, 9.17) is 38.0 Å². The number of methoxy groups -OCH3 is 2. The summed E-state index contributed by atoms with van der Waals surface area (Å²) in [6.07, 6.45) is -16.3. The lowest BCUT2D eigenvalue weighted by atomic mass is 9.85. The summed E-state index contributed by atoms with van der Waals surface area (Å²) in [5.74, 6) is -8.13. The number of alkyl halides is 3. The normalized spacial score (nSPS) is 22.2. The molecule has 1 fully saturated rings. The van der Waals surface area contributed by atoms with Gasteiger partial charge in [0, 0.05) is 53.8 Å². The Kier molecular flexibility index (Phi) is 13.4. The fourth-order valence-electron chi connectivity index (χ4n) is 7.40. The lowest BCUT2D eigenvalue weighted by molar-refractivity contribution is -0.344. The van der Waals surface area contributed by atoms with E-state index in [1.165, 1.54) is 50.6 Å². The average molecular weight is 923 g/mol. The number of aliphatic carboxylic acids is 1. The number of aliphatic hydroxyl groups is 5. The summed E-state index contributed by atoms with van der Waals surface area (Å²) >= 11 is 0. The van der Waals surface area contributed by atoms with Crippen molar-refractivity contribution in [3.8, 4) is 74.6 Å². The van der Waals surface area contributed by atoms with Gasteiger partial charge < -0.3 is 94.9 Å². The Morgan fingerprint density at radius 1 is 0.800 bits per heavy atom. The number of hydrogen-bond donors (Lipinski definition) is 12. The predicted octanol–water partition coefficient (Wildman–Crippen LogP) is 2.00. The molecule has 23 heteroatoms. The highest BCUT2D eigenvalue weighted by atomic mass is 19.4. The first-order valence-electron chi connectivity index (χ1n) is 19.0. The van der Waals surface area contributed by atoms with Crippen molar-refractivity contribution in [2.75, 3.05) is 20.8 Å². The first kappa shape index (κ1) is 47.6. The first-order valence-corrected chi connectivity index (χ1v) is 19.0. The van der Waals surface area contributed by atoms with Crippen molar-refractivity contribution in [1.82, 2.24) is 0 Å². The highest BCUT2D eigenvalue weighted by Crippen LogP contribution is 2.54. The number of carbonyl (C=O) groups excluding carboxylic acids is 1. The lowest BCUT2D eigenvalue weighted by Crippen LogP contribution is -2.60. The molecule has 1 aromatic heterocycles. The van der Waals surface area contributed by atoms with Gasteiger partial charge in [0.15, 0.2) is 23.0 Å². The van der Waals surface area contributed by atoms with Crippen LogP contribution >= 0.6 is 0 Å². The molecule has 2 aliphatic rings. The van der Waals surface area contributed by atoms with Crippen LogP contribution in [-0.4, -0.2) is 131 Å². The topological polar surface area (TPSA) is 340 Å². The molecule has 0 bridgehead atoms. The molecular formula is C42H41F3O20. The van der Waals surface area contributed by atoms with Crippen molar-refractivity contribution < 1.29 is 112 Å². The SMILES string of the molecule is COc1cc(-c2[o+]c3c(C(C)c4c(O)cc(O)c5c4O[C@H](c4ccc(O)c(O)c4)[C@H](O)C5)c(O)cc(O)c3cc2OC2O[C@H](CO)[C@@H](O)[C@H](O)[C@H]2O)cc(OC)c1O.O=C([O-])C(F)(F)F. The number of halogens is 3. The minimum absolute atomic E-state index is 0.00126. The summed E-state index contributed by atoms with van der Waals surface area (Å²) in [7, 11) is 2.55. The van der Waals surface area contributed by atoms with Crippen LogP contribution < -0.4 is 24.1 Å². The molecule has 5 aromatic rings. The fraction of sp³-hybridized carbons (Fsp3) is 0.333. The largest absolute Gasteiger partial charge is 0.542 e. The van der Waals surface area contributed by atoms with Crippen molar-refractivity contribution in [3.63, 3.8) is 0 Å². The molecule has 20 nitrogen and oxygen atoms in total. The van der Waals surface area contributed by atoms with Gasteiger partial charge in [-0.3, -0.25) is 0 Å². The molecule has 3 heterocycles. The Balaban J connectivity index is 0.000000925. The highest BCUT2D eigenvalue weighted by Gasteiger charge is 2.46. The van der Waals surface area contributed by atoms with Crippen LogP contribution in [0.25, 0.3) is 22.3 Å². The molecule has 4 aromatic carbocycles. The molecule has 0 spiro atoms. The van der Waals surface area contributed by atoms with Crippen LogP contribution in [0.3, 0.4) is 0 Å². The Morgan fingerprint density at radius 3 is 1.97 bits per heavy atom. The number of ether oxygens (including phenoxy) is 5. The number of phenolic OH excluding ortho intramolecular Hbond substituents is 7. The monoisotopic (exact) mass is 922 g/mol. The second-order valence-electron chi connectivity index (χ2n) is 14.8. The summed E-state index contributed by atoms with van der Waals surface area (Å²) in [4.78, 5) is 8.78. The Bertz CT molecular complexity index is 2580. The van der Waals surface area contributed by atoms with E-state index in [1.54, 1.807) is 6.92 Å². The minimum Gasteiger partial charge on any atom is -0.542 e. The van der Waals surface area contributed by atoms with Gasteiger partial charge >= 0.3 is 17.5 Å². The third-order valence-electron chi connectivity index (χ3n) is 10.7. The van der Waals surface area contributed by atoms with Gasteiger partial charge in [-0.15, -0.1) is 0 Å². The molecule has 0 aliphatic carbocycles. The van der Waals surface area contributed by atoms with Gasteiger partial charge in [-0.25, -0.2) is 4.42 Å². The van der Waals surface area contributed by atoms with Crippen LogP contribution in [0.2, 0.25) is 0 Å². The number of phenols is 7. The van der Waals surface area contributed by atoms with Crippen LogP contribution in [0.1, 0.15) is 41.2 Å². The molecule has 350 valence electrons. The fourth-order valence-corrected chi connectivity index (χ4v) is 7.40. The van der Waals surface area contributed by atoms with E-state index in [9.17, 15) is 74.4 Å².